The zero-order valence-corrected chi connectivity index (χ0v) is 15.2. The van der Waals surface area contributed by atoms with E-state index < -0.39 is 36.3 Å². The molecule has 3 rings (SSSR count). The number of alkyl halides is 6. The van der Waals surface area contributed by atoms with Gasteiger partial charge in [-0.05, 0) is 68.5 Å². The fourth-order valence-corrected chi connectivity index (χ4v) is 3.94. The van der Waals surface area contributed by atoms with Crippen molar-refractivity contribution in [1.29, 1.82) is 0 Å². The maximum atomic E-state index is 13.4. The van der Waals surface area contributed by atoms with Gasteiger partial charge in [-0.2, -0.15) is 26.3 Å². The molecule has 0 bridgehead atoms. The van der Waals surface area contributed by atoms with Crippen molar-refractivity contribution in [3.05, 3.63) is 34.9 Å². The van der Waals surface area contributed by atoms with Gasteiger partial charge in [-0.1, -0.05) is 0 Å². The van der Waals surface area contributed by atoms with Crippen molar-refractivity contribution < 1.29 is 31.1 Å². The molecule has 1 aromatic rings. The Kier molecular flexibility index (Phi) is 5.93. The average Bonchev–Trinajstić information content (AvgIpc) is 2.66. The molecule has 1 atom stereocenters. The lowest BCUT2D eigenvalue weighted by atomic mass is 9.87. The van der Waals surface area contributed by atoms with Crippen molar-refractivity contribution in [3.8, 4) is 0 Å². The maximum absolute atomic E-state index is 13.4. The Balaban J connectivity index is 1.90. The first-order valence-corrected chi connectivity index (χ1v) is 9.34. The highest BCUT2D eigenvalue weighted by Gasteiger charge is 2.43. The Hall–Kier alpha value is -1.77. The van der Waals surface area contributed by atoms with Crippen molar-refractivity contribution in [2.45, 2.75) is 44.0 Å². The molecule has 0 radical (unpaired) electrons. The van der Waals surface area contributed by atoms with Gasteiger partial charge in [-0.15, -0.1) is 0 Å². The van der Waals surface area contributed by atoms with E-state index in [9.17, 15) is 31.1 Å². The summed E-state index contributed by atoms with van der Waals surface area (Å²) in [6.07, 6.45) is -7.66. The number of piperidine rings is 2. The molecule has 1 aromatic carbocycles. The molecule has 156 valence electrons. The van der Waals surface area contributed by atoms with Crippen molar-refractivity contribution >= 4 is 5.91 Å². The number of rotatable bonds is 2. The first-order valence-electron chi connectivity index (χ1n) is 9.34. The molecule has 3 nitrogen and oxygen atoms in total. The van der Waals surface area contributed by atoms with Crippen LogP contribution < -0.4 is 5.32 Å². The van der Waals surface area contributed by atoms with Crippen LogP contribution in [0.15, 0.2) is 18.2 Å². The average molecular weight is 408 g/mol. The summed E-state index contributed by atoms with van der Waals surface area (Å²) in [6.45, 7) is 0.943. The summed E-state index contributed by atoms with van der Waals surface area (Å²) in [5.41, 5.74) is -0.702. The van der Waals surface area contributed by atoms with Gasteiger partial charge in [0.15, 0.2) is 0 Å². The minimum absolute atomic E-state index is 0.0732. The second kappa shape index (κ2) is 7.93. The second-order valence-electron chi connectivity index (χ2n) is 7.50. The molecule has 2 fully saturated rings. The molecular weight excluding hydrogens is 386 g/mol. The molecule has 2 saturated heterocycles. The third-order valence-corrected chi connectivity index (χ3v) is 5.51. The quantitative estimate of drug-likeness (QED) is 0.727. The van der Waals surface area contributed by atoms with Crippen LogP contribution in [0.4, 0.5) is 26.3 Å². The molecule has 1 amide bonds. The monoisotopic (exact) mass is 408 g/mol. The summed E-state index contributed by atoms with van der Waals surface area (Å²) in [5.74, 6) is -2.52. The van der Waals surface area contributed by atoms with E-state index in [4.69, 9.17) is 0 Å². The van der Waals surface area contributed by atoms with Gasteiger partial charge in [0.1, 0.15) is 0 Å². The SMILES string of the molecule is O=C(c1cc(C2CCNCC2)cc(C(F)(F)F)c1)N1CCCC(C(F)(F)F)C1. The molecule has 0 aromatic heterocycles. The number of benzene rings is 1. The summed E-state index contributed by atoms with van der Waals surface area (Å²) in [6, 6.07) is 3.23. The van der Waals surface area contributed by atoms with E-state index in [-0.39, 0.29) is 30.9 Å². The predicted octanol–water partition coefficient (Wildman–Crippen LogP) is 4.59. The van der Waals surface area contributed by atoms with E-state index >= 15 is 0 Å². The summed E-state index contributed by atoms with van der Waals surface area (Å²) in [7, 11) is 0. The summed E-state index contributed by atoms with van der Waals surface area (Å²) < 4.78 is 79.1. The molecule has 0 aliphatic carbocycles. The zero-order valence-electron chi connectivity index (χ0n) is 15.2. The molecule has 2 aliphatic rings. The number of carbonyl (C=O) groups excluding carboxylic acids is 1. The summed E-state index contributed by atoms with van der Waals surface area (Å²) in [4.78, 5) is 13.8. The van der Waals surface area contributed by atoms with E-state index in [1.807, 2.05) is 0 Å². The van der Waals surface area contributed by atoms with Crippen LogP contribution >= 0.6 is 0 Å². The van der Waals surface area contributed by atoms with E-state index in [2.05, 4.69) is 5.32 Å². The fourth-order valence-electron chi connectivity index (χ4n) is 3.94. The van der Waals surface area contributed by atoms with Crippen LogP contribution in [0.1, 0.15) is 53.1 Å². The van der Waals surface area contributed by atoms with Crippen LogP contribution in [0.2, 0.25) is 0 Å². The molecule has 0 spiro atoms. The second-order valence-corrected chi connectivity index (χ2v) is 7.50. The maximum Gasteiger partial charge on any atom is 0.416 e. The fraction of sp³-hybridized carbons (Fsp3) is 0.632. The first kappa shape index (κ1) is 21.0. The van der Waals surface area contributed by atoms with Gasteiger partial charge in [-0.3, -0.25) is 4.79 Å². The number of nitrogens with one attached hydrogen (secondary N) is 1. The van der Waals surface area contributed by atoms with Gasteiger partial charge < -0.3 is 10.2 Å². The van der Waals surface area contributed by atoms with Gasteiger partial charge in [0, 0.05) is 18.7 Å². The van der Waals surface area contributed by atoms with Gasteiger partial charge in [0.05, 0.1) is 11.5 Å². The molecule has 1 unspecified atom stereocenters. The summed E-state index contributed by atoms with van der Waals surface area (Å²) >= 11 is 0. The highest BCUT2D eigenvalue weighted by atomic mass is 19.4. The third-order valence-electron chi connectivity index (χ3n) is 5.51. The topological polar surface area (TPSA) is 32.3 Å². The molecular formula is C19H22F6N2O. The molecule has 9 heteroatoms. The van der Waals surface area contributed by atoms with E-state index in [0.29, 0.717) is 31.5 Å². The van der Waals surface area contributed by atoms with E-state index in [1.54, 1.807) is 0 Å². The van der Waals surface area contributed by atoms with Gasteiger partial charge in [0.2, 0.25) is 0 Å². The van der Waals surface area contributed by atoms with Gasteiger partial charge in [0.25, 0.3) is 5.91 Å². The number of hydrogen-bond acceptors (Lipinski definition) is 2. The van der Waals surface area contributed by atoms with Crippen molar-refractivity contribution in [1.82, 2.24) is 10.2 Å². The Morgan fingerprint density at radius 2 is 1.68 bits per heavy atom. The Bertz CT molecular complexity index is 709. The van der Waals surface area contributed by atoms with Crippen molar-refractivity contribution in [2.24, 2.45) is 5.92 Å². The van der Waals surface area contributed by atoms with Crippen LogP contribution in [0.25, 0.3) is 0 Å². The minimum Gasteiger partial charge on any atom is -0.338 e. The summed E-state index contributed by atoms with van der Waals surface area (Å²) in [5, 5.41) is 3.13. The van der Waals surface area contributed by atoms with Crippen LogP contribution in [0.5, 0.6) is 0 Å². The Morgan fingerprint density at radius 3 is 2.29 bits per heavy atom. The minimum atomic E-state index is -4.63. The first-order chi connectivity index (χ1) is 13.1. The Morgan fingerprint density at radius 1 is 1.00 bits per heavy atom. The lowest BCUT2D eigenvalue weighted by molar-refractivity contribution is -0.184. The smallest absolute Gasteiger partial charge is 0.338 e. The lowest BCUT2D eigenvalue weighted by Crippen LogP contribution is -2.44. The number of halogens is 6. The highest BCUT2D eigenvalue weighted by Crippen LogP contribution is 2.36. The van der Waals surface area contributed by atoms with E-state index in [0.717, 1.165) is 17.0 Å². The zero-order chi connectivity index (χ0) is 20.5. The van der Waals surface area contributed by atoms with Crippen LogP contribution in [-0.2, 0) is 6.18 Å². The Labute approximate surface area is 159 Å². The van der Waals surface area contributed by atoms with E-state index in [1.165, 1.54) is 6.07 Å². The van der Waals surface area contributed by atoms with Crippen LogP contribution in [-0.4, -0.2) is 43.2 Å². The van der Waals surface area contributed by atoms with Crippen LogP contribution in [0, 0.1) is 5.92 Å². The predicted molar refractivity (Wildman–Crippen MR) is 91.0 cm³/mol. The third kappa shape index (κ3) is 4.79. The molecule has 1 N–H and O–H groups in total. The molecule has 28 heavy (non-hydrogen) atoms. The van der Waals surface area contributed by atoms with Crippen molar-refractivity contribution in [3.63, 3.8) is 0 Å². The van der Waals surface area contributed by atoms with Gasteiger partial charge in [-0.25, -0.2) is 0 Å². The number of hydrogen-bond donors (Lipinski definition) is 1. The molecule has 0 saturated carbocycles. The lowest BCUT2D eigenvalue weighted by Gasteiger charge is -2.34. The number of amides is 1. The molecule has 2 aliphatic heterocycles. The molecule has 2 heterocycles. The number of carbonyl (C=O) groups is 1. The normalized spacial score (nSPS) is 22.4. The van der Waals surface area contributed by atoms with Gasteiger partial charge >= 0.3 is 12.4 Å². The highest BCUT2D eigenvalue weighted by molar-refractivity contribution is 5.94. The standard InChI is InChI=1S/C19H22F6N2O/c20-18(21,22)15-2-1-7-27(11-15)17(28)14-8-13(12-3-5-26-6-4-12)9-16(10-14)19(23,24)25/h8-10,12,15,26H,1-7,11H2. The van der Waals surface area contributed by atoms with Crippen LogP contribution in [0.3, 0.4) is 0 Å². The van der Waals surface area contributed by atoms with Crippen molar-refractivity contribution in [2.75, 3.05) is 26.2 Å². The number of likely N-dealkylation sites (tertiary alicyclic amines) is 1. The number of nitrogens with zero attached hydrogens (tertiary/aromatic N) is 1. The largest absolute Gasteiger partial charge is 0.416 e.